The number of rotatable bonds is 4. The molecule has 0 radical (unpaired) electrons. The standard InChI is InChI=1S/C20H27NO.C11H22O3S.C10H9NO/c1-20(2,3)15-7-10-17(11-8-15)22-19-6-4-5-14-13-16(21)9-12-18(14)19;1-11(2,3)9-5-7-10(8-6-9)14-15(4,12)13;11-8-4-5-9-7(6-8)2-1-3-10(9)12/h4-6,9,12-13,15,17H,7-8,10-11,21H2,1-3H3;9-10H,5-8H2,1-4H3;1-6,12H,11H2. The molecule has 0 saturated heterocycles. The van der Waals surface area contributed by atoms with E-state index in [9.17, 15) is 13.5 Å². The van der Waals surface area contributed by atoms with Crippen LogP contribution in [-0.2, 0) is 14.3 Å². The lowest BCUT2D eigenvalue weighted by Gasteiger charge is -2.37. The highest BCUT2D eigenvalue weighted by molar-refractivity contribution is 7.86. The van der Waals surface area contributed by atoms with E-state index in [1.807, 2.05) is 30.3 Å². The first-order valence-corrected chi connectivity index (χ1v) is 19.5. The van der Waals surface area contributed by atoms with E-state index in [1.54, 1.807) is 18.2 Å². The molecule has 0 unspecified atom stereocenters. The summed E-state index contributed by atoms with van der Waals surface area (Å²) in [6, 6.07) is 23.1. The zero-order valence-corrected chi connectivity index (χ0v) is 31.4. The second kappa shape index (κ2) is 16.0. The minimum Gasteiger partial charge on any atom is -0.507 e. The lowest BCUT2D eigenvalue weighted by Crippen LogP contribution is -2.30. The molecule has 0 bridgehead atoms. The fraction of sp³-hybridized carbons (Fsp3) is 0.512. The van der Waals surface area contributed by atoms with Crippen LogP contribution in [0.15, 0.2) is 72.8 Å². The number of aromatic hydroxyl groups is 1. The third kappa shape index (κ3) is 11.5. The number of ether oxygens (including phenoxy) is 1. The second-order valence-electron chi connectivity index (χ2n) is 16.1. The molecule has 2 saturated carbocycles. The first-order valence-electron chi connectivity index (χ1n) is 17.7. The third-order valence-corrected chi connectivity index (χ3v) is 10.8. The molecule has 2 aliphatic carbocycles. The van der Waals surface area contributed by atoms with Crippen LogP contribution in [0, 0.1) is 22.7 Å². The van der Waals surface area contributed by atoms with Crippen molar-refractivity contribution in [1.82, 2.24) is 0 Å². The Morgan fingerprint density at radius 2 is 1.08 bits per heavy atom. The Kier molecular flexibility index (Phi) is 12.5. The number of phenolic OH excluding ortho intramolecular Hbond substituents is 1. The van der Waals surface area contributed by atoms with Crippen molar-refractivity contribution in [3.05, 3.63) is 72.8 Å². The Labute approximate surface area is 294 Å². The van der Waals surface area contributed by atoms with E-state index in [0.717, 1.165) is 83.7 Å². The summed E-state index contributed by atoms with van der Waals surface area (Å²) in [5.74, 6) is 2.81. The van der Waals surface area contributed by atoms with E-state index in [-0.39, 0.29) is 6.10 Å². The van der Waals surface area contributed by atoms with Crippen molar-refractivity contribution in [3.8, 4) is 11.5 Å². The van der Waals surface area contributed by atoms with Gasteiger partial charge >= 0.3 is 0 Å². The lowest BCUT2D eigenvalue weighted by molar-refractivity contribution is 0.0892. The largest absolute Gasteiger partial charge is 0.507 e. The Hall–Kier alpha value is -3.49. The van der Waals surface area contributed by atoms with Gasteiger partial charge in [-0.3, -0.25) is 4.18 Å². The number of nitrogens with two attached hydrogens (primary N) is 2. The molecule has 2 fully saturated rings. The molecule has 0 spiro atoms. The topological polar surface area (TPSA) is 125 Å². The van der Waals surface area contributed by atoms with Crippen LogP contribution in [0.5, 0.6) is 11.5 Å². The van der Waals surface area contributed by atoms with Gasteiger partial charge in [-0.2, -0.15) is 8.42 Å². The minimum absolute atomic E-state index is 0.0846. The van der Waals surface area contributed by atoms with E-state index < -0.39 is 10.1 Å². The van der Waals surface area contributed by atoms with Crippen LogP contribution in [0.3, 0.4) is 0 Å². The van der Waals surface area contributed by atoms with Gasteiger partial charge in [0.2, 0.25) is 0 Å². The Balaban J connectivity index is 0.000000175. The van der Waals surface area contributed by atoms with Gasteiger partial charge in [0.15, 0.2) is 0 Å². The van der Waals surface area contributed by atoms with E-state index in [2.05, 4.69) is 65.8 Å². The molecule has 0 atom stereocenters. The predicted molar refractivity (Wildman–Crippen MR) is 205 cm³/mol. The highest BCUT2D eigenvalue weighted by Crippen LogP contribution is 2.40. The summed E-state index contributed by atoms with van der Waals surface area (Å²) in [6.07, 6.45) is 10.1. The average molecular weight is 691 g/mol. The maximum absolute atomic E-state index is 11.0. The van der Waals surface area contributed by atoms with E-state index in [4.69, 9.17) is 20.4 Å². The molecular formula is C41H58N2O5S. The SMILES string of the molecule is CC(C)(C)C1CCC(OS(C)(=O)=O)CC1.CC(C)(C)C1CCC(Oc2cccc3cc(N)ccc23)CC1.Nc1ccc2c(O)cccc2c1. The summed E-state index contributed by atoms with van der Waals surface area (Å²) in [4.78, 5) is 0. The van der Waals surface area contributed by atoms with Gasteiger partial charge in [-0.15, -0.1) is 0 Å². The lowest BCUT2D eigenvalue weighted by atomic mass is 9.72. The quantitative estimate of drug-likeness (QED) is 0.144. The minimum atomic E-state index is -3.28. The molecule has 6 rings (SSSR count). The van der Waals surface area contributed by atoms with Gasteiger partial charge in [0.05, 0.1) is 18.5 Å². The van der Waals surface area contributed by atoms with E-state index in [0.29, 0.717) is 34.3 Å². The first-order chi connectivity index (χ1) is 22.9. The molecule has 0 aromatic heterocycles. The number of hydrogen-bond acceptors (Lipinski definition) is 7. The number of phenols is 1. The molecule has 0 amide bonds. The van der Waals surface area contributed by atoms with Crippen LogP contribution in [0.1, 0.15) is 92.9 Å². The normalized spacial score (nSPS) is 21.6. The van der Waals surface area contributed by atoms with Gasteiger partial charge in [0.1, 0.15) is 11.5 Å². The highest BCUT2D eigenvalue weighted by Gasteiger charge is 2.32. The smallest absolute Gasteiger partial charge is 0.264 e. The Bertz CT molecular complexity index is 1780. The zero-order chi connectivity index (χ0) is 36.0. The second-order valence-corrected chi connectivity index (χ2v) is 17.7. The maximum Gasteiger partial charge on any atom is 0.264 e. The number of hydrogen-bond donors (Lipinski definition) is 3. The van der Waals surface area contributed by atoms with Gasteiger partial charge in [-0.05, 0) is 133 Å². The van der Waals surface area contributed by atoms with Crippen molar-refractivity contribution < 1.29 is 22.4 Å². The first kappa shape index (κ1) is 38.3. The van der Waals surface area contributed by atoms with Crippen LogP contribution in [0.2, 0.25) is 0 Å². The summed E-state index contributed by atoms with van der Waals surface area (Å²) in [7, 11) is -3.28. The fourth-order valence-corrected chi connectivity index (χ4v) is 7.85. The highest BCUT2D eigenvalue weighted by atomic mass is 32.2. The van der Waals surface area contributed by atoms with Crippen LogP contribution in [0.25, 0.3) is 21.5 Å². The molecule has 7 nitrogen and oxygen atoms in total. The van der Waals surface area contributed by atoms with Gasteiger partial charge in [0.25, 0.3) is 10.1 Å². The zero-order valence-electron chi connectivity index (χ0n) is 30.5. The molecule has 4 aromatic rings. The maximum atomic E-state index is 11.0. The summed E-state index contributed by atoms with van der Waals surface area (Å²) in [5.41, 5.74) is 13.7. The van der Waals surface area contributed by atoms with E-state index in [1.165, 1.54) is 12.8 Å². The number of nitrogen functional groups attached to an aromatic ring is 2. The monoisotopic (exact) mass is 690 g/mol. The van der Waals surface area contributed by atoms with Crippen molar-refractivity contribution in [2.45, 2.75) is 105 Å². The Morgan fingerprint density at radius 1 is 0.633 bits per heavy atom. The summed E-state index contributed by atoms with van der Waals surface area (Å²) < 4.78 is 33.3. The van der Waals surface area contributed by atoms with E-state index >= 15 is 0 Å². The molecule has 268 valence electrons. The van der Waals surface area contributed by atoms with Gasteiger partial charge in [0, 0.05) is 22.1 Å². The van der Waals surface area contributed by atoms with Crippen LogP contribution < -0.4 is 16.2 Å². The van der Waals surface area contributed by atoms with Crippen molar-refractivity contribution in [2.75, 3.05) is 17.7 Å². The molecule has 5 N–H and O–H groups in total. The summed E-state index contributed by atoms with van der Waals surface area (Å²) in [6.45, 7) is 13.8. The number of anilines is 2. The summed E-state index contributed by atoms with van der Waals surface area (Å²) >= 11 is 0. The molecule has 0 aliphatic heterocycles. The summed E-state index contributed by atoms with van der Waals surface area (Å²) in [5, 5.41) is 13.5. The van der Waals surface area contributed by atoms with Crippen molar-refractivity contribution >= 4 is 43.0 Å². The average Bonchev–Trinajstić information content (AvgIpc) is 3.01. The van der Waals surface area contributed by atoms with Crippen molar-refractivity contribution in [2.24, 2.45) is 22.7 Å². The molecule has 2 aliphatic rings. The molecule has 49 heavy (non-hydrogen) atoms. The fourth-order valence-electron chi connectivity index (χ4n) is 7.16. The van der Waals surface area contributed by atoms with Gasteiger partial charge in [-0.1, -0.05) is 65.8 Å². The molecular weight excluding hydrogens is 633 g/mol. The van der Waals surface area contributed by atoms with Crippen molar-refractivity contribution in [3.63, 3.8) is 0 Å². The third-order valence-electron chi connectivity index (χ3n) is 10.1. The van der Waals surface area contributed by atoms with Crippen LogP contribution in [-0.4, -0.2) is 32.0 Å². The van der Waals surface area contributed by atoms with Crippen LogP contribution in [0.4, 0.5) is 11.4 Å². The Morgan fingerprint density at radius 3 is 1.57 bits per heavy atom. The van der Waals surface area contributed by atoms with Crippen molar-refractivity contribution in [1.29, 1.82) is 0 Å². The number of fused-ring (bicyclic) bond motifs is 2. The molecule has 8 heteroatoms. The molecule has 4 aromatic carbocycles. The predicted octanol–water partition coefficient (Wildman–Crippen LogP) is 10.1. The molecule has 0 heterocycles. The van der Waals surface area contributed by atoms with Gasteiger partial charge in [-0.25, -0.2) is 0 Å². The van der Waals surface area contributed by atoms with Crippen LogP contribution >= 0.6 is 0 Å². The van der Waals surface area contributed by atoms with Gasteiger partial charge < -0.3 is 21.3 Å². The number of benzene rings is 4.